The monoisotopic (exact) mass is 468 g/mol. The Kier molecular flexibility index (Phi) is 4.37. The van der Waals surface area contributed by atoms with Gasteiger partial charge in [0.25, 0.3) is 5.91 Å². The Morgan fingerprint density at radius 3 is 2.82 bits per heavy atom. The van der Waals surface area contributed by atoms with E-state index in [0.717, 1.165) is 12.1 Å². The molecule has 1 saturated heterocycles. The first-order valence-corrected chi connectivity index (χ1v) is 10.7. The van der Waals surface area contributed by atoms with Crippen LogP contribution in [0.1, 0.15) is 40.1 Å². The fourth-order valence-electron chi connectivity index (χ4n) is 5.05. The van der Waals surface area contributed by atoms with Crippen LogP contribution in [-0.2, 0) is 17.3 Å². The summed E-state index contributed by atoms with van der Waals surface area (Å²) >= 11 is 0. The third-order valence-corrected chi connectivity index (χ3v) is 6.50. The zero-order chi connectivity index (χ0) is 23.8. The van der Waals surface area contributed by atoms with Gasteiger partial charge in [-0.15, -0.1) is 0 Å². The molecule has 0 bridgehead atoms. The van der Waals surface area contributed by atoms with E-state index < -0.39 is 23.9 Å². The van der Waals surface area contributed by atoms with Gasteiger partial charge in [-0.2, -0.15) is 13.2 Å². The Labute approximate surface area is 191 Å². The third kappa shape index (κ3) is 3.11. The molecule has 2 aliphatic rings. The summed E-state index contributed by atoms with van der Waals surface area (Å²) in [5, 5.41) is 0. The number of amides is 1. The van der Waals surface area contributed by atoms with Crippen molar-refractivity contribution in [3.05, 3.63) is 65.4 Å². The molecule has 0 radical (unpaired) electrons. The largest absolute Gasteiger partial charge is 0.416 e. The van der Waals surface area contributed by atoms with Gasteiger partial charge in [0.1, 0.15) is 22.5 Å². The maximum absolute atomic E-state index is 13.7. The molecule has 1 aliphatic carbocycles. The quantitative estimate of drug-likeness (QED) is 0.460. The number of hydrogen-bond acceptors (Lipinski definition) is 6. The highest BCUT2D eigenvalue weighted by Crippen LogP contribution is 2.43. The van der Waals surface area contributed by atoms with Gasteiger partial charge in [-0.05, 0) is 36.2 Å². The normalized spacial score (nSPS) is 22.2. The molecule has 0 saturated carbocycles. The number of alkyl halides is 3. The molecule has 3 atom stereocenters. The van der Waals surface area contributed by atoms with Crippen LogP contribution in [-0.4, -0.2) is 48.9 Å². The topological polar surface area (TPSA) is 98.6 Å². The number of hydrogen-bond donors (Lipinski definition) is 1. The van der Waals surface area contributed by atoms with Crippen LogP contribution in [0.15, 0.2) is 43.0 Å². The number of halogens is 3. The summed E-state index contributed by atoms with van der Waals surface area (Å²) in [5.41, 5.74) is 8.44. The van der Waals surface area contributed by atoms with Crippen LogP contribution in [0, 0.1) is 0 Å². The smallest absolute Gasteiger partial charge is 0.382 e. The van der Waals surface area contributed by atoms with Crippen LogP contribution in [0.5, 0.6) is 0 Å². The Hall–Kier alpha value is -3.73. The van der Waals surface area contributed by atoms with Crippen LogP contribution in [0.2, 0.25) is 0 Å². The van der Waals surface area contributed by atoms with E-state index in [0.29, 0.717) is 46.5 Å². The highest BCUT2D eigenvalue weighted by molar-refractivity contribution is 5.96. The van der Waals surface area contributed by atoms with Gasteiger partial charge in [0.2, 0.25) is 0 Å². The summed E-state index contributed by atoms with van der Waals surface area (Å²) in [6.45, 7) is 2.14. The number of pyridine rings is 1. The average Bonchev–Trinajstić information content (AvgIpc) is 3.42. The molecule has 8 nitrogen and oxygen atoms in total. The van der Waals surface area contributed by atoms with Gasteiger partial charge in [0, 0.05) is 13.0 Å². The molecule has 1 fully saturated rings. The maximum Gasteiger partial charge on any atom is 0.416 e. The van der Waals surface area contributed by atoms with Crippen molar-refractivity contribution in [3.8, 4) is 0 Å². The molecule has 34 heavy (non-hydrogen) atoms. The second kappa shape index (κ2) is 7.13. The van der Waals surface area contributed by atoms with Crippen LogP contribution in [0.3, 0.4) is 0 Å². The van der Waals surface area contributed by atoms with Crippen molar-refractivity contribution < 1.29 is 22.7 Å². The van der Waals surface area contributed by atoms with Crippen molar-refractivity contribution in [2.24, 2.45) is 0 Å². The average molecular weight is 468 g/mol. The lowest BCUT2D eigenvalue weighted by Gasteiger charge is -2.41. The van der Waals surface area contributed by atoms with E-state index in [1.54, 1.807) is 27.9 Å². The summed E-state index contributed by atoms with van der Waals surface area (Å²) < 4.78 is 47.5. The molecule has 0 spiro atoms. The predicted octanol–water partition coefficient (Wildman–Crippen LogP) is 3.41. The molecule has 4 aromatic rings. The maximum atomic E-state index is 13.7. The zero-order valence-electron chi connectivity index (χ0n) is 18.0. The van der Waals surface area contributed by atoms with E-state index in [2.05, 4.69) is 15.0 Å². The lowest BCUT2D eigenvalue weighted by Crippen LogP contribution is -2.50. The summed E-state index contributed by atoms with van der Waals surface area (Å²) in [5.74, 6) is -0.0265. The zero-order valence-corrected chi connectivity index (χ0v) is 18.0. The molecule has 4 heterocycles. The Morgan fingerprint density at radius 1 is 1.21 bits per heavy atom. The number of anilines is 1. The first-order chi connectivity index (χ1) is 16.2. The fourth-order valence-corrected chi connectivity index (χ4v) is 5.05. The van der Waals surface area contributed by atoms with Gasteiger partial charge in [-0.1, -0.05) is 6.07 Å². The molecular formula is C23H19F3N6O2. The van der Waals surface area contributed by atoms with Gasteiger partial charge in [-0.3, -0.25) is 9.20 Å². The minimum absolute atomic E-state index is 0.197. The molecule has 0 unspecified atom stereocenters. The molecule has 2 N–H and O–H groups in total. The van der Waals surface area contributed by atoms with Gasteiger partial charge >= 0.3 is 6.18 Å². The lowest BCUT2D eigenvalue weighted by atomic mass is 10.0. The van der Waals surface area contributed by atoms with Crippen molar-refractivity contribution >= 4 is 28.3 Å². The number of nitrogen functional groups attached to an aromatic ring is 1. The number of aromatic nitrogens is 4. The number of nitrogens with two attached hydrogens (primary N) is 1. The second-order valence-corrected chi connectivity index (χ2v) is 8.71. The van der Waals surface area contributed by atoms with Gasteiger partial charge in [-0.25, -0.2) is 15.0 Å². The van der Waals surface area contributed by atoms with Crippen molar-refractivity contribution in [3.63, 3.8) is 0 Å². The standard InChI is InChI=1S/C23H19F3N6O2/c1-11-9-31(20-14-3-2-13(23(24,25)26)4-12(14)5-19(20)34-11)22(33)15-6-17-16(7-29-15)30-21(27)18-8-28-10-32(17)18/h2-4,6-8,10-11,19-20H,5,9H2,1H3,(H2,27,30)/t11-,19-,20+/m1/s1. The van der Waals surface area contributed by atoms with Crippen molar-refractivity contribution in [1.82, 2.24) is 24.3 Å². The van der Waals surface area contributed by atoms with Crippen molar-refractivity contribution in [2.45, 2.75) is 37.8 Å². The van der Waals surface area contributed by atoms with Crippen LogP contribution in [0.25, 0.3) is 16.6 Å². The molecule has 1 aromatic carbocycles. The molecule has 1 aliphatic heterocycles. The van der Waals surface area contributed by atoms with Crippen molar-refractivity contribution in [1.29, 1.82) is 0 Å². The van der Waals surface area contributed by atoms with Gasteiger partial charge in [0.15, 0.2) is 0 Å². The number of rotatable bonds is 1. The third-order valence-electron chi connectivity index (χ3n) is 6.50. The molecule has 174 valence electrons. The Morgan fingerprint density at radius 2 is 2.03 bits per heavy atom. The highest BCUT2D eigenvalue weighted by atomic mass is 19.4. The second-order valence-electron chi connectivity index (χ2n) is 8.71. The van der Waals surface area contributed by atoms with E-state index in [1.165, 1.54) is 12.3 Å². The van der Waals surface area contributed by atoms with Crippen LogP contribution >= 0.6 is 0 Å². The Balaban J connectivity index is 1.41. The summed E-state index contributed by atoms with van der Waals surface area (Å²) in [6, 6.07) is 4.82. The fraction of sp³-hybridized carbons (Fsp3) is 0.304. The molecule has 3 aromatic heterocycles. The summed E-state index contributed by atoms with van der Waals surface area (Å²) in [7, 11) is 0. The highest BCUT2D eigenvalue weighted by Gasteiger charge is 2.45. The number of benzene rings is 1. The number of carbonyl (C=O) groups excluding carboxylic acids is 1. The van der Waals surface area contributed by atoms with Gasteiger partial charge in [0.05, 0.1) is 48.1 Å². The first-order valence-electron chi connectivity index (χ1n) is 10.7. The number of imidazole rings is 1. The first kappa shape index (κ1) is 20.8. The molecular weight excluding hydrogens is 449 g/mol. The number of carbonyl (C=O) groups is 1. The lowest BCUT2D eigenvalue weighted by molar-refractivity contribution is -0.137. The number of ether oxygens (including phenoxy) is 1. The minimum atomic E-state index is -4.43. The molecule has 1 amide bonds. The minimum Gasteiger partial charge on any atom is -0.382 e. The summed E-state index contributed by atoms with van der Waals surface area (Å²) in [6.07, 6.45) is -0.167. The van der Waals surface area contributed by atoms with Gasteiger partial charge < -0.3 is 15.4 Å². The van der Waals surface area contributed by atoms with E-state index in [-0.39, 0.29) is 17.7 Å². The summed E-state index contributed by atoms with van der Waals surface area (Å²) in [4.78, 5) is 28.1. The number of fused-ring (bicyclic) bond motifs is 6. The number of nitrogens with zero attached hydrogens (tertiary/aromatic N) is 5. The molecule has 6 rings (SSSR count). The Bertz CT molecular complexity index is 1470. The van der Waals surface area contributed by atoms with Crippen LogP contribution in [0.4, 0.5) is 19.0 Å². The van der Waals surface area contributed by atoms with Crippen molar-refractivity contribution in [2.75, 3.05) is 12.3 Å². The molecule has 11 heteroatoms. The number of morpholine rings is 1. The van der Waals surface area contributed by atoms with E-state index in [9.17, 15) is 18.0 Å². The predicted molar refractivity (Wildman–Crippen MR) is 116 cm³/mol. The SMILES string of the molecule is C[C@@H]1CN(C(=O)c2cc3c(cn2)nc(N)c2cncn23)[C@H]2c3ccc(C(F)(F)F)cc3C[C@H]2O1. The van der Waals surface area contributed by atoms with E-state index >= 15 is 0 Å². The van der Waals surface area contributed by atoms with E-state index in [4.69, 9.17) is 10.5 Å². The van der Waals surface area contributed by atoms with Crippen LogP contribution < -0.4 is 5.73 Å². The van der Waals surface area contributed by atoms with E-state index in [1.807, 2.05) is 6.92 Å².